The van der Waals surface area contributed by atoms with Crippen molar-refractivity contribution >= 4 is 29.6 Å². The number of benzene rings is 1. The molecule has 0 aliphatic rings. The zero-order valence-corrected chi connectivity index (χ0v) is 10.3. The van der Waals surface area contributed by atoms with E-state index in [0.29, 0.717) is 29.1 Å². The maximum Gasteiger partial charge on any atom is 0.209 e. The first-order valence-corrected chi connectivity index (χ1v) is 5.71. The zero-order chi connectivity index (χ0) is 13.8. The van der Waals surface area contributed by atoms with E-state index in [1.165, 1.54) is 0 Å². The molecule has 0 amide bonds. The summed E-state index contributed by atoms with van der Waals surface area (Å²) in [5.41, 5.74) is 1.19. The Morgan fingerprint density at radius 1 is 1.16 bits per heavy atom. The molecule has 0 unspecified atom stereocenters. The molecule has 1 N–H and O–H groups in total. The molecule has 4 nitrogen and oxygen atoms in total. The van der Waals surface area contributed by atoms with E-state index in [2.05, 4.69) is 0 Å². The Labute approximate surface area is 109 Å². The summed E-state index contributed by atoms with van der Waals surface area (Å²) >= 11 is 0. The van der Waals surface area contributed by atoms with Crippen LogP contribution in [0, 0.1) is 0 Å². The molecule has 0 atom stereocenters. The van der Waals surface area contributed by atoms with Crippen LogP contribution in [0.4, 0.5) is 0 Å². The van der Waals surface area contributed by atoms with E-state index in [4.69, 9.17) is 4.42 Å². The molecule has 1 aromatic heterocycles. The number of hydrogen-bond acceptors (Lipinski definition) is 4. The van der Waals surface area contributed by atoms with Crippen molar-refractivity contribution in [3.63, 3.8) is 0 Å². The quantitative estimate of drug-likeness (QED) is 0.672. The van der Waals surface area contributed by atoms with Crippen molar-refractivity contribution < 1.29 is 19.1 Å². The summed E-state index contributed by atoms with van der Waals surface area (Å²) in [6.45, 7) is 1.88. The van der Waals surface area contributed by atoms with Crippen LogP contribution in [0.3, 0.4) is 0 Å². The van der Waals surface area contributed by atoms with Crippen molar-refractivity contribution in [2.24, 2.45) is 0 Å². The van der Waals surface area contributed by atoms with Crippen LogP contribution < -0.4 is 0 Å². The number of rotatable bonds is 4. The first-order chi connectivity index (χ1) is 9.22. The molecule has 0 fully saturated rings. The summed E-state index contributed by atoms with van der Waals surface area (Å²) in [5, 5.41) is 10.1. The first kappa shape index (κ1) is 12.8. The number of furan rings is 1. The van der Waals surface area contributed by atoms with Gasteiger partial charge in [0.25, 0.3) is 0 Å². The number of carbonyl (C=O) groups excluding carboxylic acids is 2. The normalized spacial score (nSPS) is 11.6. The Balaban J connectivity index is 2.69. The molecular weight excluding hydrogens is 244 g/mol. The average molecular weight is 256 g/mol. The molecule has 0 saturated heterocycles. The van der Waals surface area contributed by atoms with Crippen molar-refractivity contribution in [1.82, 2.24) is 0 Å². The van der Waals surface area contributed by atoms with E-state index in [1.807, 2.05) is 19.1 Å². The first-order valence-electron chi connectivity index (χ1n) is 5.71. The van der Waals surface area contributed by atoms with Crippen LogP contribution in [0.5, 0.6) is 5.75 Å². The summed E-state index contributed by atoms with van der Waals surface area (Å²) in [6.07, 6.45) is 8.30. The second kappa shape index (κ2) is 5.35. The van der Waals surface area contributed by atoms with E-state index >= 15 is 0 Å². The van der Waals surface area contributed by atoms with Crippen LogP contribution in [0.2, 0.25) is 0 Å². The molecule has 0 spiro atoms. The fraction of sp³-hybridized carbons (Fsp3) is 0.0667. The van der Waals surface area contributed by atoms with E-state index in [1.54, 1.807) is 24.3 Å². The molecular formula is C15H12O4. The number of hydrogen-bond donors (Lipinski definition) is 1. The highest BCUT2D eigenvalue weighted by molar-refractivity contribution is 6.03. The maximum absolute atomic E-state index is 11.2. The minimum atomic E-state index is -0.239. The Hall–Kier alpha value is -2.62. The van der Waals surface area contributed by atoms with Gasteiger partial charge in [0.05, 0.1) is 10.9 Å². The third kappa shape index (κ3) is 2.20. The molecule has 4 heteroatoms. The topological polar surface area (TPSA) is 67.5 Å². The summed E-state index contributed by atoms with van der Waals surface area (Å²) < 4.78 is 5.22. The molecule has 19 heavy (non-hydrogen) atoms. The Morgan fingerprint density at radius 2 is 1.95 bits per heavy atom. The average Bonchev–Trinajstić information content (AvgIpc) is 2.75. The third-order valence-electron chi connectivity index (χ3n) is 2.73. The third-order valence-corrected chi connectivity index (χ3v) is 2.73. The fourth-order valence-corrected chi connectivity index (χ4v) is 1.82. The van der Waals surface area contributed by atoms with Gasteiger partial charge in [-0.05, 0) is 18.6 Å². The van der Waals surface area contributed by atoms with Gasteiger partial charge in [-0.3, -0.25) is 9.59 Å². The standard InChI is InChI=1S/C15H12O4/c1-2-3-4-5-10-6-7-11-14(18)13(9-17)19-15(11)12(10)8-16/h2-9,18H,1H3. The fourth-order valence-electron chi connectivity index (χ4n) is 1.82. The molecule has 2 aromatic rings. The van der Waals surface area contributed by atoms with Gasteiger partial charge >= 0.3 is 0 Å². The highest BCUT2D eigenvalue weighted by Gasteiger charge is 2.16. The van der Waals surface area contributed by atoms with Crippen LogP contribution in [0.25, 0.3) is 17.0 Å². The predicted molar refractivity (Wildman–Crippen MR) is 72.5 cm³/mol. The van der Waals surface area contributed by atoms with Crippen LogP contribution in [0.1, 0.15) is 33.4 Å². The van der Waals surface area contributed by atoms with E-state index in [0.717, 1.165) is 0 Å². The van der Waals surface area contributed by atoms with Gasteiger partial charge in [-0.15, -0.1) is 0 Å². The minimum Gasteiger partial charge on any atom is -0.504 e. The highest BCUT2D eigenvalue weighted by Crippen LogP contribution is 2.34. The molecule has 1 aromatic carbocycles. The molecule has 2 rings (SSSR count). The lowest BCUT2D eigenvalue weighted by atomic mass is 10.0. The van der Waals surface area contributed by atoms with Crippen LogP contribution in [-0.2, 0) is 0 Å². The van der Waals surface area contributed by atoms with Gasteiger partial charge in [0.1, 0.15) is 5.58 Å². The van der Waals surface area contributed by atoms with Crippen LogP contribution in [0.15, 0.2) is 34.8 Å². The lowest BCUT2D eigenvalue weighted by molar-refractivity contribution is 0.109. The second-order valence-electron chi connectivity index (χ2n) is 3.88. The summed E-state index contributed by atoms with van der Waals surface area (Å²) in [6, 6.07) is 3.30. The monoisotopic (exact) mass is 256 g/mol. The van der Waals surface area contributed by atoms with Gasteiger partial charge in [-0.1, -0.05) is 30.4 Å². The van der Waals surface area contributed by atoms with E-state index in [9.17, 15) is 14.7 Å². The number of aldehydes is 2. The largest absolute Gasteiger partial charge is 0.504 e. The number of fused-ring (bicyclic) bond motifs is 1. The van der Waals surface area contributed by atoms with Crippen molar-refractivity contribution in [3.05, 3.63) is 47.2 Å². The van der Waals surface area contributed by atoms with E-state index in [-0.39, 0.29) is 17.1 Å². The number of allylic oxidation sites excluding steroid dienone is 3. The van der Waals surface area contributed by atoms with Crippen molar-refractivity contribution in [1.29, 1.82) is 0 Å². The minimum absolute atomic E-state index is 0.173. The molecule has 0 bridgehead atoms. The van der Waals surface area contributed by atoms with Gasteiger partial charge in [0, 0.05) is 0 Å². The second-order valence-corrected chi connectivity index (χ2v) is 3.88. The van der Waals surface area contributed by atoms with Gasteiger partial charge in [-0.2, -0.15) is 0 Å². The maximum atomic E-state index is 11.2. The molecule has 0 radical (unpaired) electrons. The van der Waals surface area contributed by atoms with E-state index < -0.39 is 0 Å². The molecule has 1 heterocycles. The zero-order valence-electron chi connectivity index (χ0n) is 10.3. The predicted octanol–water partition coefficient (Wildman–Crippen LogP) is 3.35. The summed E-state index contributed by atoms with van der Waals surface area (Å²) in [4.78, 5) is 21.9. The lowest BCUT2D eigenvalue weighted by Crippen LogP contribution is -1.86. The summed E-state index contributed by atoms with van der Waals surface area (Å²) in [7, 11) is 0. The summed E-state index contributed by atoms with van der Waals surface area (Å²) in [5.74, 6) is -0.412. The van der Waals surface area contributed by atoms with Crippen molar-refractivity contribution in [2.75, 3.05) is 0 Å². The van der Waals surface area contributed by atoms with Gasteiger partial charge in [-0.25, -0.2) is 0 Å². The van der Waals surface area contributed by atoms with Crippen molar-refractivity contribution in [3.8, 4) is 5.75 Å². The smallest absolute Gasteiger partial charge is 0.209 e. The molecule has 0 saturated carbocycles. The molecule has 0 aliphatic carbocycles. The number of carbonyl (C=O) groups is 2. The van der Waals surface area contributed by atoms with Crippen molar-refractivity contribution in [2.45, 2.75) is 6.92 Å². The van der Waals surface area contributed by atoms with Gasteiger partial charge in [0.2, 0.25) is 5.76 Å². The van der Waals surface area contributed by atoms with Gasteiger partial charge < -0.3 is 9.52 Å². The molecule has 96 valence electrons. The van der Waals surface area contributed by atoms with Crippen LogP contribution >= 0.6 is 0 Å². The van der Waals surface area contributed by atoms with Crippen LogP contribution in [-0.4, -0.2) is 17.7 Å². The lowest BCUT2D eigenvalue weighted by Gasteiger charge is -1.99. The Bertz CT molecular complexity index is 690. The van der Waals surface area contributed by atoms with Gasteiger partial charge in [0.15, 0.2) is 18.3 Å². The Morgan fingerprint density at radius 3 is 2.58 bits per heavy atom. The molecule has 0 aliphatic heterocycles. The number of aromatic hydroxyl groups is 1. The Kier molecular flexibility index (Phi) is 3.61. The highest BCUT2D eigenvalue weighted by atomic mass is 16.4. The SMILES string of the molecule is CC=CC=Cc1ccc2c(O)c(C=O)oc2c1C=O.